The Balaban J connectivity index is 2.00. The third kappa shape index (κ3) is 5.54. The monoisotopic (exact) mass is 392 g/mol. The number of carboxylic acid groups (broad SMARTS) is 1. The Hall–Kier alpha value is -2.40. The van der Waals surface area contributed by atoms with Crippen molar-refractivity contribution in [3.05, 3.63) is 52.0 Å². The van der Waals surface area contributed by atoms with Crippen LogP contribution in [-0.2, 0) is 0 Å². The van der Waals surface area contributed by atoms with E-state index in [1.807, 2.05) is 12.1 Å². The van der Waals surface area contributed by atoms with E-state index < -0.39 is 5.97 Å². The van der Waals surface area contributed by atoms with Crippen molar-refractivity contribution in [3.63, 3.8) is 0 Å². The van der Waals surface area contributed by atoms with Crippen LogP contribution in [0.1, 0.15) is 48.2 Å². The van der Waals surface area contributed by atoms with Crippen LogP contribution >= 0.6 is 11.6 Å². The minimum atomic E-state index is -1.08. The summed E-state index contributed by atoms with van der Waals surface area (Å²) in [6.45, 7) is 9.13. The van der Waals surface area contributed by atoms with Gasteiger partial charge in [-0.3, -0.25) is 0 Å². The second-order valence-electron chi connectivity index (χ2n) is 6.39. The largest absolute Gasteiger partial charge is 0.490 e. The number of hydrogen-bond donors (Lipinski definition) is 1. The highest BCUT2D eigenvalue weighted by molar-refractivity contribution is 6.32. The summed E-state index contributed by atoms with van der Waals surface area (Å²) in [7, 11) is 0. The van der Waals surface area contributed by atoms with Gasteiger partial charge < -0.3 is 19.3 Å². The van der Waals surface area contributed by atoms with Crippen molar-refractivity contribution < 1.29 is 24.1 Å². The van der Waals surface area contributed by atoms with E-state index in [0.29, 0.717) is 30.6 Å². The molecule has 0 spiro atoms. The molecule has 0 aliphatic rings. The lowest BCUT2D eigenvalue weighted by atomic mass is 9.98. The van der Waals surface area contributed by atoms with Crippen LogP contribution in [0.5, 0.6) is 17.2 Å². The van der Waals surface area contributed by atoms with E-state index in [9.17, 15) is 4.79 Å². The summed E-state index contributed by atoms with van der Waals surface area (Å²) in [5.41, 5.74) is 2.53. The number of carbonyl (C=O) groups is 1. The summed E-state index contributed by atoms with van der Waals surface area (Å²) in [6, 6.07) is 8.78. The van der Waals surface area contributed by atoms with Gasteiger partial charge in [0.1, 0.15) is 19.0 Å². The number of benzene rings is 2. The molecule has 0 amide bonds. The molecule has 0 unspecified atom stereocenters. The smallest absolute Gasteiger partial charge is 0.335 e. The van der Waals surface area contributed by atoms with Gasteiger partial charge in [0, 0.05) is 0 Å². The third-order valence-corrected chi connectivity index (χ3v) is 4.30. The zero-order chi connectivity index (χ0) is 20.0. The number of ether oxygens (including phenoxy) is 3. The second-order valence-corrected chi connectivity index (χ2v) is 6.80. The lowest BCUT2D eigenvalue weighted by Crippen LogP contribution is -2.11. The summed E-state index contributed by atoms with van der Waals surface area (Å²) in [6.07, 6.45) is 0. The lowest BCUT2D eigenvalue weighted by Gasteiger charge is -2.15. The van der Waals surface area contributed by atoms with Crippen LogP contribution in [0.4, 0.5) is 0 Å². The Bertz CT molecular complexity index is 801. The van der Waals surface area contributed by atoms with Crippen LogP contribution in [0.25, 0.3) is 0 Å². The maximum atomic E-state index is 11.2. The van der Waals surface area contributed by atoms with Gasteiger partial charge in [0.2, 0.25) is 0 Å². The maximum absolute atomic E-state index is 11.2. The van der Waals surface area contributed by atoms with Crippen LogP contribution in [0.2, 0.25) is 5.02 Å². The molecular weight excluding hydrogens is 368 g/mol. The molecule has 2 rings (SSSR count). The highest BCUT2D eigenvalue weighted by Crippen LogP contribution is 2.36. The van der Waals surface area contributed by atoms with Crippen LogP contribution in [-0.4, -0.2) is 30.9 Å². The van der Waals surface area contributed by atoms with Crippen molar-refractivity contribution >= 4 is 17.6 Å². The minimum absolute atomic E-state index is 0.0489. The first-order chi connectivity index (χ1) is 12.8. The average molecular weight is 393 g/mol. The van der Waals surface area contributed by atoms with E-state index in [1.54, 1.807) is 6.92 Å². The van der Waals surface area contributed by atoms with Crippen molar-refractivity contribution in [1.29, 1.82) is 0 Å². The fraction of sp³-hybridized carbons (Fsp3) is 0.381. The van der Waals surface area contributed by atoms with Crippen LogP contribution < -0.4 is 14.2 Å². The molecule has 0 heterocycles. The van der Waals surface area contributed by atoms with Crippen molar-refractivity contribution in [1.82, 2.24) is 0 Å². The molecule has 0 radical (unpaired) electrons. The molecule has 27 heavy (non-hydrogen) atoms. The SMILES string of the molecule is CCOc1cc(C(=O)O)cc(Cl)c1OCCOc1ccc(C(C)C)c(C)c1. The first-order valence-electron chi connectivity index (χ1n) is 8.89. The Morgan fingerprint density at radius 2 is 1.81 bits per heavy atom. The Kier molecular flexibility index (Phi) is 7.36. The topological polar surface area (TPSA) is 65.0 Å². The van der Waals surface area contributed by atoms with Crippen molar-refractivity contribution in [2.45, 2.75) is 33.6 Å². The van der Waals surface area contributed by atoms with E-state index in [2.05, 4.69) is 26.8 Å². The summed E-state index contributed by atoms with van der Waals surface area (Å²) in [4.78, 5) is 11.2. The van der Waals surface area contributed by atoms with E-state index in [-0.39, 0.29) is 17.2 Å². The van der Waals surface area contributed by atoms with E-state index in [0.717, 1.165) is 5.75 Å². The van der Waals surface area contributed by atoms with Gasteiger partial charge in [-0.05, 0) is 55.2 Å². The van der Waals surface area contributed by atoms with Crippen molar-refractivity contribution in [2.75, 3.05) is 19.8 Å². The molecule has 0 aliphatic heterocycles. The number of aromatic carboxylic acids is 1. The Labute approximate surface area is 164 Å². The van der Waals surface area contributed by atoms with Gasteiger partial charge in [0.15, 0.2) is 11.5 Å². The number of rotatable bonds is 9. The summed E-state index contributed by atoms with van der Waals surface area (Å²) < 4.78 is 16.9. The standard InChI is InChI=1S/C21H25ClO5/c1-5-25-19-12-15(21(23)24)11-18(22)20(19)27-9-8-26-16-6-7-17(13(2)3)14(4)10-16/h6-7,10-13H,5,8-9H2,1-4H3,(H,23,24). The Morgan fingerprint density at radius 1 is 1.11 bits per heavy atom. The molecule has 0 aromatic heterocycles. The molecule has 2 aromatic rings. The van der Waals surface area contributed by atoms with E-state index >= 15 is 0 Å². The predicted octanol–water partition coefficient (Wildman–Crippen LogP) is 5.33. The predicted molar refractivity (Wildman–Crippen MR) is 106 cm³/mol. The fourth-order valence-corrected chi connectivity index (χ4v) is 3.05. The first-order valence-corrected chi connectivity index (χ1v) is 9.27. The number of halogens is 1. The Morgan fingerprint density at radius 3 is 2.41 bits per heavy atom. The van der Waals surface area contributed by atoms with E-state index in [4.69, 9.17) is 30.9 Å². The van der Waals surface area contributed by atoms with Crippen LogP contribution in [0, 0.1) is 6.92 Å². The van der Waals surface area contributed by atoms with Gasteiger partial charge >= 0.3 is 5.97 Å². The lowest BCUT2D eigenvalue weighted by molar-refractivity contribution is 0.0696. The van der Waals surface area contributed by atoms with Gasteiger partial charge in [0.05, 0.1) is 17.2 Å². The third-order valence-electron chi connectivity index (χ3n) is 4.02. The second kappa shape index (κ2) is 9.51. The highest BCUT2D eigenvalue weighted by Gasteiger charge is 2.16. The molecular formula is C21H25ClO5. The first kappa shape index (κ1) is 20.9. The number of carboxylic acids is 1. The fourth-order valence-electron chi connectivity index (χ4n) is 2.78. The summed E-state index contributed by atoms with van der Waals surface area (Å²) >= 11 is 6.17. The van der Waals surface area contributed by atoms with Crippen LogP contribution in [0.15, 0.2) is 30.3 Å². The molecule has 0 bridgehead atoms. The number of hydrogen-bond acceptors (Lipinski definition) is 4. The van der Waals surface area contributed by atoms with Gasteiger partial charge in [-0.25, -0.2) is 4.79 Å². The van der Waals surface area contributed by atoms with Gasteiger partial charge in [-0.1, -0.05) is 31.5 Å². The average Bonchev–Trinajstić information content (AvgIpc) is 2.60. The maximum Gasteiger partial charge on any atom is 0.335 e. The molecule has 0 saturated heterocycles. The molecule has 0 atom stereocenters. The molecule has 146 valence electrons. The zero-order valence-corrected chi connectivity index (χ0v) is 16.8. The van der Waals surface area contributed by atoms with Crippen molar-refractivity contribution in [2.24, 2.45) is 0 Å². The molecule has 0 aliphatic carbocycles. The van der Waals surface area contributed by atoms with E-state index in [1.165, 1.54) is 23.3 Å². The zero-order valence-electron chi connectivity index (χ0n) is 16.0. The summed E-state index contributed by atoms with van der Waals surface area (Å²) in [5.74, 6) is 0.791. The number of aryl methyl sites for hydroxylation is 1. The summed E-state index contributed by atoms with van der Waals surface area (Å²) in [5, 5.41) is 9.32. The normalized spacial score (nSPS) is 10.7. The molecule has 2 aromatic carbocycles. The van der Waals surface area contributed by atoms with Crippen molar-refractivity contribution in [3.8, 4) is 17.2 Å². The quantitative estimate of drug-likeness (QED) is 0.584. The highest BCUT2D eigenvalue weighted by atomic mass is 35.5. The van der Waals surface area contributed by atoms with Gasteiger partial charge in [-0.15, -0.1) is 0 Å². The molecule has 0 fully saturated rings. The minimum Gasteiger partial charge on any atom is -0.490 e. The molecule has 6 heteroatoms. The molecule has 5 nitrogen and oxygen atoms in total. The van der Waals surface area contributed by atoms with Gasteiger partial charge in [0.25, 0.3) is 0 Å². The van der Waals surface area contributed by atoms with Gasteiger partial charge in [-0.2, -0.15) is 0 Å². The van der Waals surface area contributed by atoms with Crippen LogP contribution in [0.3, 0.4) is 0 Å². The molecule has 0 saturated carbocycles. The molecule has 1 N–H and O–H groups in total.